The average molecular weight is 398 g/mol. The Balaban J connectivity index is 1.37. The molecule has 1 aliphatic carbocycles. The summed E-state index contributed by atoms with van der Waals surface area (Å²) in [7, 11) is 0. The third-order valence-corrected chi connectivity index (χ3v) is 6.98. The molecule has 0 radical (unpaired) electrons. The molecule has 2 aromatic heterocycles. The highest BCUT2D eigenvalue weighted by Gasteiger charge is 2.29. The predicted molar refractivity (Wildman–Crippen MR) is 112 cm³/mol. The van der Waals surface area contributed by atoms with Gasteiger partial charge in [0.25, 0.3) is 5.91 Å². The van der Waals surface area contributed by atoms with Gasteiger partial charge in [0.15, 0.2) is 0 Å². The zero-order valence-electron chi connectivity index (χ0n) is 15.8. The highest BCUT2D eigenvalue weighted by atomic mass is 32.1. The predicted octanol–water partition coefficient (Wildman–Crippen LogP) is 4.92. The number of fused-ring (bicyclic) bond motifs is 1. The maximum Gasteiger partial charge on any atom is 0.270 e. The summed E-state index contributed by atoms with van der Waals surface area (Å²) in [5.41, 5.74) is 2.66. The molecule has 3 aromatic rings. The van der Waals surface area contributed by atoms with Gasteiger partial charge in [-0.2, -0.15) is 0 Å². The number of amides is 1. The van der Waals surface area contributed by atoms with Gasteiger partial charge in [-0.15, -0.1) is 11.3 Å². The molecule has 0 spiro atoms. The molecule has 0 atom stereocenters. The Kier molecular flexibility index (Phi) is 4.59. The first-order chi connectivity index (χ1) is 13.7. The molecule has 2 fully saturated rings. The number of benzene rings is 1. The van der Waals surface area contributed by atoms with Crippen molar-refractivity contribution in [1.82, 2.24) is 9.47 Å². The van der Waals surface area contributed by atoms with E-state index < -0.39 is 0 Å². The summed E-state index contributed by atoms with van der Waals surface area (Å²) in [6.45, 7) is 2.56. The Morgan fingerprint density at radius 1 is 1.04 bits per heavy atom. The Hall–Kier alpha value is -2.34. The smallest absolute Gasteiger partial charge is 0.270 e. The van der Waals surface area contributed by atoms with Gasteiger partial charge in [0.1, 0.15) is 11.5 Å². The van der Waals surface area contributed by atoms with Gasteiger partial charge in [0.2, 0.25) is 0 Å². The van der Waals surface area contributed by atoms with Crippen molar-refractivity contribution in [3.8, 4) is 0 Å². The third-order valence-electron chi connectivity index (χ3n) is 6.13. The second kappa shape index (κ2) is 7.24. The molecule has 6 heteroatoms. The molecule has 1 saturated carbocycles. The number of aromatic nitrogens is 1. The number of rotatable bonds is 3. The number of carbonyl (C=O) groups excluding carboxylic acids is 1. The van der Waals surface area contributed by atoms with Crippen LogP contribution < -0.4 is 4.90 Å². The quantitative estimate of drug-likeness (QED) is 0.628. The van der Waals surface area contributed by atoms with Crippen LogP contribution in [0.3, 0.4) is 0 Å². The largest absolute Gasteiger partial charge is 0.366 e. The van der Waals surface area contributed by atoms with Crippen molar-refractivity contribution in [2.75, 3.05) is 31.1 Å². The minimum absolute atomic E-state index is 0.114. The fraction of sp³-hybridized carbons (Fsp3) is 0.409. The van der Waals surface area contributed by atoms with Crippen LogP contribution in [-0.2, 0) is 0 Å². The minimum Gasteiger partial charge on any atom is -0.366 e. The first-order valence-corrected chi connectivity index (χ1v) is 11.0. The van der Waals surface area contributed by atoms with E-state index in [1.54, 1.807) is 17.4 Å². The van der Waals surface area contributed by atoms with E-state index >= 15 is 0 Å². The summed E-state index contributed by atoms with van der Waals surface area (Å²) < 4.78 is 17.6. The number of hydrogen-bond acceptors (Lipinski definition) is 3. The van der Waals surface area contributed by atoms with Gasteiger partial charge < -0.3 is 14.4 Å². The number of para-hydroxylation sites is 1. The molecule has 1 aromatic carbocycles. The molecule has 2 aliphatic rings. The van der Waals surface area contributed by atoms with E-state index in [9.17, 15) is 9.18 Å². The number of thiophene rings is 1. The van der Waals surface area contributed by atoms with E-state index in [1.807, 2.05) is 21.9 Å². The molecular weight excluding hydrogens is 373 g/mol. The standard InChI is InChI=1S/C22H24FN3OS/c23-17-7-3-4-8-18(17)24-10-12-25(13-11-24)22(27)20-15-21-19(9-14-28-21)26(20)16-5-1-2-6-16/h3-4,7-9,14-16H,1-2,5-6,10-13H2. The van der Waals surface area contributed by atoms with Crippen LogP contribution in [0.5, 0.6) is 0 Å². The zero-order chi connectivity index (χ0) is 19.1. The van der Waals surface area contributed by atoms with Crippen molar-refractivity contribution in [3.05, 3.63) is 53.3 Å². The van der Waals surface area contributed by atoms with Gasteiger partial charge in [-0.1, -0.05) is 25.0 Å². The van der Waals surface area contributed by atoms with E-state index in [2.05, 4.69) is 22.1 Å². The van der Waals surface area contributed by atoms with E-state index in [1.165, 1.54) is 29.1 Å². The Morgan fingerprint density at radius 2 is 1.79 bits per heavy atom. The van der Waals surface area contributed by atoms with Crippen LogP contribution in [0.4, 0.5) is 10.1 Å². The summed E-state index contributed by atoms with van der Waals surface area (Å²) in [6.07, 6.45) is 4.79. The maximum absolute atomic E-state index is 14.1. The van der Waals surface area contributed by atoms with E-state index in [4.69, 9.17) is 0 Å². The first kappa shape index (κ1) is 17.7. The fourth-order valence-corrected chi connectivity index (χ4v) is 5.50. The van der Waals surface area contributed by atoms with Gasteiger partial charge >= 0.3 is 0 Å². The van der Waals surface area contributed by atoms with Crippen molar-refractivity contribution < 1.29 is 9.18 Å². The lowest BCUT2D eigenvalue weighted by atomic mass is 10.2. The average Bonchev–Trinajstić information content (AvgIpc) is 3.45. The zero-order valence-corrected chi connectivity index (χ0v) is 16.6. The minimum atomic E-state index is -0.197. The lowest BCUT2D eigenvalue weighted by molar-refractivity contribution is 0.0734. The lowest BCUT2D eigenvalue weighted by Gasteiger charge is -2.36. The Morgan fingerprint density at radius 3 is 2.54 bits per heavy atom. The van der Waals surface area contributed by atoms with Crippen molar-refractivity contribution in [2.45, 2.75) is 31.7 Å². The molecule has 1 amide bonds. The SMILES string of the molecule is O=C(c1cc2sccc2n1C1CCCC1)N1CCN(c2ccccc2F)CC1. The highest BCUT2D eigenvalue weighted by molar-refractivity contribution is 7.17. The normalized spacial score (nSPS) is 18.3. The summed E-state index contributed by atoms with van der Waals surface area (Å²) in [6, 6.07) is 11.5. The molecule has 4 nitrogen and oxygen atoms in total. The molecule has 146 valence electrons. The van der Waals surface area contributed by atoms with Crippen molar-refractivity contribution in [3.63, 3.8) is 0 Å². The Bertz CT molecular complexity index is 996. The number of hydrogen-bond donors (Lipinski definition) is 0. The molecule has 1 saturated heterocycles. The number of nitrogens with zero attached hydrogens (tertiary/aromatic N) is 3. The van der Waals surface area contributed by atoms with E-state index in [-0.39, 0.29) is 11.7 Å². The molecule has 1 aliphatic heterocycles. The monoisotopic (exact) mass is 397 g/mol. The molecule has 0 unspecified atom stereocenters. The molecule has 0 N–H and O–H groups in total. The van der Waals surface area contributed by atoms with Gasteiger partial charge in [-0.25, -0.2) is 4.39 Å². The van der Waals surface area contributed by atoms with Gasteiger partial charge in [-0.3, -0.25) is 4.79 Å². The molecular formula is C22H24FN3OS. The highest BCUT2D eigenvalue weighted by Crippen LogP contribution is 2.37. The van der Waals surface area contributed by atoms with E-state index in [0.717, 1.165) is 18.5 Å². The first-order valence-electron chi connectivity index (χ1n) is 10.1. The van der Waals surface area contributed by atoms with Crippen LogP contribution in [0.2, 0.25) is 0 Å². The van der Waals surface area contributed by atoms with Crippen molar-refractivity contribution >= 4 is 33.1 Å². The second-order valence-corrected chi connectivity index (χ2v) is 8.69. The number of anilines is 1. The van der Waals surface area contributed by atoms with Crippen LogP contribution in [-0.4, -0.2) is 41.6 Å². The second-order valence-electron chi connectivity index (χ2n) is 7.74. The summed E-state index contributed by atoms with van der Waals surface area (Å²) in [5, 5.41) is 2.11. The number of halogens is 1. The van der Waals surface area contributed by atoms with Crippen LogP contribution in [0.15, 0.2) is 41.8 Å². The summed E-state index contributed by atoms with van der Waals surface area (Å²) in [4.78, 5) is 17.3. The van der Waals surface area contributed by atoms with Gasteiger partial charge in [-0.05, 0) is 42.5 Å². The molecule has 5 rings (SSSR count). The van der Waals surface area contributed by atoms with Crippen LogP contribution >= 0.6 is 11.3 Å². The van der Waals surface area contributed by atoms with Crippen LogP contribution in [0, 0.1) is 5.82 Å². The fourth-order valence-electron chi connectivity index (χ4n) is 4.69. The van der Waals surface area contributed by atoms with Gasteiger partial charge in [0, 0.05) is 32.2 Å². The molecule has 0 bridgehead atoms. The van der Waals surface area contributed by atoms with Crippen molar-refractivity contribution in [2.24, 2.45) is 0 Å². The summed E-state index contributed by atoms with van der Waals surface area (Å²) >= 11 is 1.70. The topological polar surface area (TPSA) is 28.5 Å². The van der Waals surface area contributed by atoms with Crippen LogP contribution in [0.1, 0.15) is 42.2 Å². The van der Waals surface area contributed by atoms with E-state index in [0.29, 0.717) is 37.9 Å². The number of piperazine rings is 1. The number of carbonyl (C=O) groups is 1. The van der Waals surface area contributed by atoms with Crippen LogP contribution in [0.25, 0.3) is 10.2 Å². The van der Waals surface area contributed by atoms with Crippen molar-refractivity contribution in [1.29, 1.82) is 0 Å². The maximum atomic E-state index is 14.1. The summed E-state index contributed by atoms with van der Waals surface area (Å²) in [5.74, 6) is -0.0823. The molecule has 3 heterocycles. The third kappa shape index (κ3) is 3.00. The Labute approximate surface area is 168 Å². The molecule has 28 heavy (non-hydrogen) atoms. The van der Waals surface area contributed by atoms with Gasteiger partial charge in [0.05, 0.1) is 15.9 Å². The lowest BCUT2D eigenvalue weighted by Crippen LogP contribution is -2.49.